The molecular weight excluding hydrogens is 459 g/mol. The first-order valence-corrected chi connectivity index (χ1v) is 10.8. The summed E-state index contributed by atoms with van der Waals surface area (Å²) in [6.07, 6.45) is -0.531. The number of halogens is 2. The second-order valence-electron chi connectivity index (χ2n) is 7.81. The third-order valence-electron chi connectivity index (χ3n) is 5.68. The molecule has 4 rings (SSSR count). The van der Waals surface area contributed by atoms with Gasteiger partial charge in [0.15, 0.2) is 0 Å². The number of rotatable bonds is 8. The van der Waals surface area contributed by atoms with Crippen LogP contribution < -0.4 is 14.4 Å². The van der Waals surface area contributed by atoms with Crippen LogP contribution in [0.5, 0.6) is 11.5 Å². The first-order valence-electron chi connectivity index (χ1n) is 10.8. The number of anilines is 1. The van der Waals surface area contributed by atoms with E-state index in [9.17, 15) is 5.11 Å². The minimum absolute atomic E-state index is 0. The van der Waals surface area contributed by atoms with Gasteiger partial charge in [-0.15, -0.1) is 24.8 Å². The van der Waals surface area contributed by atoms with E-state index in [0.717, 1.165) is 48.8 Å². The third kappa shape index (κ3) is 7.27. The fourth-order valence-corrected chi connectivity index (χ4v) is 3.97. The maximum absolute atomic E-state index is 10.6. The van der Waals surface area contributed by atoms with Crippen LogP contribution in [0.1, 0.15) is 0 Å². The van der Waals surface area contributed by atoms with Crippen molar-refractivity contribution in [1.29, 1.82) is 0 Å². The Labute approximate surface area is 208 Å². The lowest BCUT2D eigenvalue weighted by Gasteiger charge is -2.36. The van der Waals surface area contributed by atoms with Gasteiger partial charge in [-0.25, -0.2) is 0 Å². The van der Waals surface area contributed by atoms with Crippen LogP contribution >= 0.6 is 24.8 Å². The molecule has 7 heteroatoms. The lowest BCUT2D eigenvalue weighted by atomic mass is 10.1. The molecule has 3 aromatic carbocycles. The van der Waals surface area contributed by atoms with E-state index in [-0.39, 0.29) is 31.4 Å². The third-order valence-corrected chi connectivity index (χ3v) is 5.68. The normalized spacial score (nSPS) is 14.5. The van der Waals surface area contributed by atoms with Crippen molar-refractivity contribution in [1.82, 2.24) is 4.90 Å². The van der Waals surface area contributed by atoms with E-state index in [4.69, 9.17) is 9.47 Å². The van der Waals surface area contributed by atoms with E-state index >= 15 is 0 Å². The molecule has 1 fully saturated rings. The van der Waals surface area contributed by atoms with Crippen LogP contribution in [-0.2, 0) is 0 Å². The van der Waals surface area contributed by atoms with Gasteiger partial charge in [-0.3, -0.25) is 4.90 Å². The van der Waals surface area contributed by atoms with Crippen molar-refractivity contribution in [2.75, 3.05) is 51.3 Å². The van der Waals surface area contributed by atoms with Gasteiger partial charge in [0, 0.05) is 44.0 Å². The monoisotopic (exact) mass is 490 g/mol. The van der Waals surface area contributed by atoms with Gasteiger partial charge in [0.05, 0.1) is 7.11 Å². The van der Waals surface area contributed by atoms with E-state index in [1.54, 1.807) is 7.11 Å². The van der Waals surface area contributed by atoms with Crippen molar-refractivity contribution >= 4 is 30.5 Å². The van der Waals surface area contributed by atoms with Crippen LogP contribution in [-0.4, -0.2) is 62.6 Å². The summed E-state index contributed by atoms with van der Waals surface area (Å²) in [4.78, 5) is 4.67. The lowest BCUT2D eigenvalue weighted by molar-refractivity contribution is 0.0665. The smallest absolute Gasteiger partial charge is 0.127 e. The molecule has 0 amide bonds. The molecule has 5 nitrogen and oxygen atoms in total. The number of aliphatic hydroxyl groups excluding tert-OH is 1. The van der Waals surface area contributed by atoms with Crippen molar-refractivity contribution in [3.63, 3.8) is 0 Å². The largest absolute Gasteiger partial charge is 0.497 e. The van der Waals surface area contributed by atoms with Crippen LogP contribution in [0, 0.1) is 0 Å². The molecule has 1 aliphatic heterocycles. The highest BCUT2D eigenvalue weighted by Crippen LogP contribution is 2.29. The molecule has 1 unspecified atom stereocenters. The Morgan fingerprint density at radius 3 is 2.12 bits per heavy atom. The van der Waals surface area contributed by atoms with Crippen LogP contribution in [0.2, 0.25) is 0 Å². The Morgan fingerprint density at radius 1 is 0.818 bits per heavy atom. The quantitative estimate of drug-likeness (QED) is 0.492. The van der Waals surface area contributed by atoms with Gasteiger partial charge in [-0.2, -0.15) is 0 Å². The van der Waals surface area contributed by atoms with Gasteiger partial charge < -0.3 is 19.5 Å². The number of hydrogen-bond acceptors (Lipinski definition) is 5. The molecule has 0 spiro atoms. The summed E-state index contributed by atoms with van der Waals surface area (Å²) in [5.41, 5.74) is 3.37. The summed E-state index contributed by atoms with van der Waals surface area (Å²) < 4.78 is 11.2. The average molecular weight is 491 g/mol. The van der Waals surface area contributed by atoms with Crippen molar-refractivity contribution in [2.45, 2.75) is 6.10 Å². The molecule has 1 saturated heterocycles. The van der Waals surface area contributed by atoms with E-state index in [1.165, 1.54) is 5.69 Å². The Bertz CT molecular complexity index is 949. The number of piperazine rings is 1. The van der Waals surface area contributed by atoms with Crippen molar-refractivity contribution in [2.24, 2.45) is 0 Å². The van der Waals surface area contributed by atoms with Crippen LogP contribution in [0.4, 0.5) is 5.69 Å². The maximum atomic E-state index is 10.6. The zero-order valence-corrected chi connectivity index (χ0v) is 20.4. The summed E-state index contributed by atoms with van der Waals surface area (Å²) in [7, 11) is 1.68. The SMILES string of the molecule is COc1ccc(N2CCN(CC(O)COc3ccccc3-c3ccccc3)CC2)cc1.Cl.Cl. The Hall–Kier alpha value is -2.44. The van der Waals surface area contributed by atoms with Crippen molar-refractivity contribution in [3.05, 3.63) is 78.9 Å². The molecule has 0 bridgehead atoms. The number of benzene rings is 3. The van der Waals surface area contributed by atoms with E-state index in [1.807, 2.05) is 48.5 Å². The number of methoxy groups -OCH3 is 1. The summed E-state index contributed by atoms with van der Waals surface area (Å²) in [6.45, 7) is 4.62. The minimum atomic E-state index is -0.531. The topological polar surface area (TPSA) is 45.2 Å². The van der Waals surface area contributed by atoms with Crippen molar-refractivity contribution in [3.8, 4) is 22.6 Å². The molecule has 0 radical (unpaired) electrons. The highest BCUT2D eigenvalue weighted by atomic mass is 35.5. The van der Waals surface area contributed by atoms with Crippen LogP contribution in [0.25, 0.3) is 11.1 Å². The highest BCUT2D eigenvalue weighted by molar-refractivity contribution is 5.85. The van der Waals surface area contributed by atoms with E-state index in [0.29, 0.717) is 6.54 Å². The lowest BCUT2D eigenvalue weighted by Crippen LogP contribution is -2.49. The first-order chi connectivity index (χ1) is 15.2. The average Bonchev–Trinajstić information content (AvgIpc) is 2.84. The second-order valence-corrected chi connectivity index (χ2v) is 7.81. The Morgan fingerprint density at radius 2 is 1.45 bits per heavy atom. The minimum Gasteiger partial charge on any atom is -0.497 e. The Kier molecular flexibility index (Phi) is 10.8. The van der Waals surface area contributed by atoms with Crippen LogP contribution in [0.3, 0.4) is 0 Å². The van der Waals surface area contributed by atoms with Crippen LogP contribution in [0.15, 0.2) is 78.9 Å². The highest BCUT2D eigenvalue weighted by Gasteiger charge is 2.20. The summed E-state index contributed by atoms with van der Waals surface area (Å²) in [6, 6.07) is 26.4. The number of para-hydroxylation sites is 1. The van der Waals surface area contributed by atoms with Gasteiger partial charge in [-0.05, 0) is 35.9 Å². The molecule has 0 aromatic heterocycles. The standard InChI is InChI=1S/C26H30N2O3.2ClH/c1-30-24-13-11-22(12-14-24)28-17-15-27(16-18-28)19-23(29)20-31-26-10-6-5-9-25(26)21-7-3-2-4-8-21;;/h2-14,23,29H,15-20H2,1H3;2*1H. The van der Waals surface area contributed by atoms with E-state index in [2.05, 4.69) is 40.1 Å². The molecule has 1 heterocycles. The number of β-amino-alcohol motifs (C(OH)–C–C–N with tert-alkyl or cyclic N) is 1. The molecule has 0 aliphatic carbocycles. The van der Waals surface area contributed by atoms with Gasteiger partial charge >= 0.3 is 0 Å². The van der Waals surface area contributed by atoms with Gasteiger partial charge in [0.1, 0.15) is 24.2 Å². The molecule has 3 aromatic rings. The number of nitrogens with zero attached hydrogens (tertiary/aromatic N) is 2. The predicted octanol–water partition coefficient (Wildman–Crippen LogP) is 4.77. The summed E-state index contributed by atoms with van der Waals surface area (Å²) in [5, 5.41) is 10.6. The zero-order chi connectivity index (χ0) is 21.5. The number of ether oxygens (including phenoxy) is 2. The van der Waals surface area contributed by atoms with Gasteiger partial charge in [-0.1, -0.05) is 48.5 Å². The van der Waals surface area contributed by atoms with Gasteiger partial charge in [0.25, 0.3) is 0 Å². The molecule has 1 atom stereocenters. The fourth-order valence-electron chi connectivity index (χ4n) is 3.97. The number of hydrogen-bond donors (Lipinski definition) is 1. The first kappa shape index (κ1) is 26.8. The summed E-state index contributed by atoms with van der Waals surface area (Å²) >= 11 is 0. The molecule has 1 aliphatic rings. The molecular formula is C26H32Cl2N2O3. The predicted molar refractivity (Wildman–Crippen MR) is 140 cm³/mol. The van der Waals surface area contributed by atoms with Crippen molar-refractivity contribution < 1.29 is 14.6 Å². The molecule has 0 saturated carbocycles. The molecule has 1 N–H and O–H groups in total. The maximum Gasteiger partial charge on any atom is 0.127 e. The molecule has 178 valence electrons. The van der Waals surface area contributed by atoms with E-state index < -0.39 is 6.10 Å². The Balaban J connectivity index is 0.00000193. The second kappa shape index (κ2) is 13.3. The zero-order valence-electron chi connectivity index (χ0n) is 18.8. The molecule has 33 heavy (non-hydrogen) atoms. The number of aliphatic hydroxyl groups is 1. The van der Waals surface area contributed by atoms with Gasteiger partial charge in [0.2, 0.25) is 0 Å². The summed E-state index contributed by atoms with van der Waals surface area (Å²) in [5.74, 6) is 1.68. The fraction of sp³-hybridized carbons (Fsp3) is 0.308.